The number of nitrogens with zero attached hydrogens (tertiary/aromatic N) is 4. The van der Waals surface area contributed by atoms with Gasteiger partial charge in [0.05, 0.1) is 7.05 Å². The third-order valence-corrected chi connectivity index (χ3v) is 3.90. The Morgan fingerprint density at radius 2 is 1.88 bits per heavy atom. The number of hydrogen-bond acceptors (Lipinski definition) is 3. The zero-order chi connectivity index (χ0) is 11.8. The molecule has 0 N–H and O–H groups in total. The fourth-order valence-corrected chi connectivity index (χ4v) is 2.56. The fraction of sp³-hybridized carbons (Fsp3) is 0.417. The van der Waals surface area contributed by atoms with Crippen LogP contribution in [0, 0.1) is 0 Å². The summed E-state index contributed by atoms with van der Waals surface area (Å²) in [5, 5.41) is 12.2. The van der Waals surface area contributed by atoms with Crippen molar-refractivity contribution in [2.75, 3.05) is 0 Å². The number of aryl methyl sites for hydroxylation is 1. The Hall–Kier alpha value is -1.23. The maximum absolute atomic E-state index is 4.26. The van der Waals surface area contributed by atoms with E-state index >= 15 is 0 Å². The summed E-state index contributed by atoms with van der Waals surface area (Å²) in [6.45, 7) is 0. The molecule has 5 heteroatoms. The summed E-state index contributed by atoms with van der Waals surface area (Å²) in [5.74, 6) is 2.02. The van der Waals surface area contributed by atoms with Crippen LogP contribution in [0.15, 0.2) is 28.7 Å². The number of hydrogen-bond donors (Lipinski definition) is 0. The molecular formula is C12H13BrN4. The first kappa shape index (κ1) is 10.9. The van der Waals surface area contributed by atoms with E-state index in [-0.39, 0.29) is 0 Å². The van der Waals surface area contributed by atoms with E-state index in [1.54, 1.807) is 7.05 Å². The van der Waals surface area contributed by atoms with Gasteiger partial charge in [0.2, 0.25) is 0 Å². The second-order valence-corrected chi connectivity index (χ2v) is 5.47. The molecule has 0 bridgehead atoms. The van der Waals surface area contributed by atoms with Crippen LogP contribution in [-0.4, -0.2) is 20.2 Å². The molecule has 1 saturated carbocycles. The van der Waals surface area contributed by atoms with Crippen molar-refractivity contribution < 1.29 is 0 Å². The van der Waals surface area contributed by atoms with Gasteiger partial charge in [0.25, 0.3) is 0 Å². The molecule has 0 saturated heterocycles. The average molecular weight is 293 g/mol. The number of benzene rings is 1. The fourth-order valence-electron chi connectivity index (χ4n) is 2.30. The van der Waals surface area contributed by atoms with Gasteiger partial charge >= 0.3 is 0 Å². The van der Waals surface area contributed by atoms with Crippen molar-refractivity contribution in [3.8, 4) is 0 Å². The first-order valence-corrected chi connectivity index (χ1v) is 6.51. The van der Waals surface area contributed by atoms with Gasteiger partial charge in [-0.25, -0.2) is 0 Å². The minimum Gasteiger partial charge on any atom is -0.167 e. The van der Waals surface area contributed by atoms with Gasteiger partial charge in [-0.15, -0.1) is 10.2 Å². The first-order chi connectivity index (χ1) is 8.22. The van der Waals surface area contributed by atoms with Gasteiger partial charge < -0.3 is 0 Å². The Morgan fingerprint density at radius 1 is 1.18 bits per heavy atom. The maximum atomic E-state index is 4.26. The molecule has 17 heavy (non-hydrogen) atoms. The molecule has 0 unspecified atom stereocenters. The zero-order valence-electron chi connectivity index (χ0n) is 9.55. The Morgan fingerprint density at radius 3 is 2.47 bits per heavy atom. The lowest BCUT2D eigenvalue weighted by Crippen LogP contribution is -2.21. The minimum atomic E-state index is 0.484. The van der Waals surface area contributed by atoms with Gasteiger partial charge in [-0.3, -0.25) is 0 Å². The van der Waals surface area contributed by atoms with Crippen molar-refractivity contribution in [1.29, 1.82) is 0 Å². The predicted molar refractivity (Wildman–Crippen MR) is 67.7 cm³/mol. The molecule has 1 aromatic heterocycles. The van der Waals surface area contributed by atoms with Crippen LogP contribution >= 0.6 is 15.9 Å². The largest absolute Gasteiger partial charge is 0.177 e. The van der Waals surface area contributed by atoms with Crippen molar-refractivity contribution in [3.63, 3.8) is 0 Å². The lowest BCUT2D eigenvalue weighted by molar-refractivity contribution is 0.337. The number of halogens is 1. The molecule has 1 aromatic carbocycles. The van der Waals surface area contributed by atoms with E-state index in [2.05, 4.69) is 55.6 Å². The highest BCUT2D eigenvalue weighted by Crippen LogP contribution is 2.46. The van der Waals surface area contributed by atoms with E-state index in [0.29, 0.717) is 11.8 Å². The van der Waals surface area contributed by atoms with Crippen LogP contribution in [0.1, 0.15) is 36.1 Å². The number of aromatic nitrogens is 4. The Labute approximate surface area is 108 Å². The summed E-state index contributed by atoms with van der Waals surface area (Å²) in [5.41, 5.74) is 1.41. The molecular weight excluding hydrogens is 280 g/mol. The van der Waals surface area contributed by atoms with E-state index in [1.165, 1.54) is 10.4 Å². The van der Waals surface area contributed by atoms with Crippen LogP contribution in [0.3, 0.4) is 0 Å². The lowest BCUT2D eigenvalue weighted by Gasteiger charge is -2.33. The standard InChI is InChI=1S/C12H13BrN4/c1-17-15-12(14-16-17)10-6-9(7-10)8-2-4-11(13)5-3-8/h2-5,9-10H,6-7H2,1H3. The number of rotatable bonds is 2. The highest BCUT2D eigenvalue weighted by atomic mass is 79.9. The molecule has 1 aliphatic rings. The summed E-state index contributed by atoms with van der Waals surface area (Å²) < 4.78 is 1.13. The third kappa shape index (κ3) is 2.11. The van der Waals surface area contributed by atoms with Crippen molar-refractivity contribution in [2.24, 2.45) is 7.05 Å². The average Bonchev–Trinajstić information content (AvgIpc) is 2.66. The maximum Gasteiger partial charge on any atom is 0.177 e. The second-order valence-electron chi connectivity index (χ2n) is 4.55. The quantitative estimate of drug-likeness (QED) is 0.855. The van der Waals surface area contributed by atoms with Crippen molar-refractivity contribution in [1.82, 2.24) is 20.2 Å². The topological polar surface area (TPSA) is 43.6 Å². The molecule has 1 aliphatic carbocycles. The third-order valence-electron chi connectivity index (χ3n) is 3.37. The summed E-state index contributed by atoms with van der Waals surface area (Å²) in [7, 11) is 1.81. The monoisotopic (exact) mass is 292 g/mol. The van der Waals surface area contributed by atoms with Crippen LogP contribution in [0.4, 0.5) is 0 Å². The summed E-state index contributed by atoms with van der Waals surface area (Å²) in [6.07, 6.45) is 2.26. The normalized spacial score (nSPS) is 23.4. The molecule has 88 valence electrons. The lowest BCUT2D eigenvalue weighted by atomic mass is 9.71. The highest BCUT2D eigenvalue weighted by molar-refractivity contribution is 9.10. The summed E-state index contributed by atoms with van der Waals surface area (Å²) >= 11 is 3.45. The van der Waals surface area contributed by atoms with Gasteiger partial charge in [0, 0.05) is 10.4 Å². The molecule has 1 fully saturated rings. The predicted octanol–water partition coefficient (Wildman–Crippen LogP) is 2.63. The van der Waals surface area contributed by atoms with Crippen molar-refractivity contribution >= 4 is 15.9 Å². The molecule has 3 rings (SSSR count). The van der Waals surface area contributed by atoms with Crippen LogP contribution in [0.2, 0.25) is 0 Å². The molecule has 0 atom stereocenters. The van der Waals surface area contributed by atoms with Gasteiger partial charge in [-0.2, -0.15) is 4.80 Å². The van der Waals surface area contributed by atoms with E-state index in [0.717, 1.165) is 23.1 Å². The van der Waals surface area contributed by atoms with Crippen molar-refractivity contribution in [2.45, 2.75) is 24.7 Å². The second kappa shape index (κ2) is 4.22. The SMILES string of the molecule is Cn1nnc(C2CC(c3ccc(Br)cc3)C2)n1. The molecule has 0 aliphatic heterocycles. The molecule has 2 aromatic rings. The Kier molecular flexibility index (Phi) is 2.70. The summed E-state index contributed by atoms with van der Waals surface area (Å²) in [6, 6.07) is 8.58. The van der Waals surface area contributed by atoms with E-state index in [1.807, 2.05) is 0 Å². The smallest absolute Gasteiger partial charge is 0.167 e. The van der Waals surface area contributed by atoms with Crippen LogP contribution in [0.5, 0.6) is 0 Å². The Bertz CT molecular complexity index is 514. The molecule has 4 nitrogen and oxygen atoms in total. The highest BCUT2D eigenvalue weighted by Gasteiger charge is 2.34. The van der Waals surface area contributed by atoms with Gasteiger partial charge in [0.1, 0.15) is 0 Å². The molecule has 0 radical (unpaired) electrons. The van der Waals surface area contributed by atoms with E-state index < -0.39 is 0 Å². The molecule has 1 heterocycles. The number of tetrazole rings is 1. The van der Waals surface area contributed by atoms with Crippen LogP contribution in [-0.2, 0) is 7.05 Å². The van der Waals surface area contributed by atoms with Gasteiger partial charge in [-0.05, 0) is 41.7 Å². The molecule has 0 amide bonds. The zero-order valence-corrected chi connectivity index (χ0v) is 11.1. The van der Waals surface area contributed by atoms with Crippen molar-refractivity contribution in [3.05, 3.63) is 40.1 Å². The van der Waals surface area contributed by atoms with E-state index in [4.69, 9.17) is 0 Å². The van der Waals surface area contributed by atoms with Crippen LogP contribution in [0.25, 0.3) is 0 Å². The van der Waals surface area contributed by atoms with Gasteiger partial charge in [0.15, 0.2) is 5.82 Å². The van der Waals surface area contributed by atoms with Crippen LogP contribution < -0.4 is 0 Å². The minimum absolute atomic E-state index is 0.484. The first-order valence-electron chi connectivity index (χ1n) is 5.72. The summed E-state index contributed by atoms with van der Waals surface area (Å²) in [4.78, 5) is 1.53. The molecule has 0 spiro atoms. The van der Waals surface area contributed by atoms with E-state index in [9.17, 15) is 0 Å². The van der Waals surface area contributed by atoms with Gasteiger partial charge in [-0.1, -0.05) is 28.1 Å². The Balaban J connectivity index is 1.66.